The zero-order valence-electron chi connectivity index (χ0n) is 15.3. The van der Waals surface area contributed by atoms with E-state index in [1.165, 1.54) is 18.4 Å². The Labute approximate surface area is 149 Å². The largest absolute Gasteiger partial charge is 0.496 e. The fraction of sp³-hybridized carbons (Fsp3) is 0.588. The van der Waals surface area contributed by atoms with Gasteiger partial charge in [0, 0.05) is 25.6 Å². The minimum absolute atomic E-state index is 0.0500. The quantitative estimate of drug-likeness (QED) is 0.806. The van der Waals surface area contributed by atoms with Crippen LogP contribution in [-0.4, -0.2) is 64.8 Å². The summed E-state index contributed by atoms with van der Waals surface area (Å²) in [5, 5.41) is 2.91. The van der Waals surface area contributed by atoms with E-state index in [1.807, 2.05) is 13.8 Å². The molecule has 0 aliphatic carbocycles. The molecule has 1 fully saturated rings. The van der Waals surface area contributed by atoms with Gasteiger partial charge >= 0.3 is 0 Å². The molecule has 0 unspecified atom stereocenters. The highest BCUT2D eigenvalue weighted by Gasteiger charge is 2.34. The monoisotopic (exact) mass is 370 g/mol. The minimum Gasteiger partial charge on any atom is -0.496 e. The van der Waals surface area contributed by atoms with Gasteiger partial charge in [0.05, 0.1) is 32.1 Å². The molecule has 1 heterocycles. The van der Waals surface area contributed by atoms with E-state index in [9.17, 15) is 13.2 Å². The fourth-order valence-corrected chi connectivity index (χ4v) is 4.16. The fourth-order valence-electron chi connectivity index (χ4n) is 3.00. The smallest absolute Gasteiger partial charge is 0.251 e. The first-order valence-electron chi connectivity index (χ1n) is 8.09. The lowest BCUT2D eigenvalue weighted by Gasteiger charge is -2.21. The SMILES string of the molecule is COc1c(C)cc(C(=O)N[C@@H]2COC[C@H]2CS(=O)(=O)N(C)C)cc1C. The Morgan fingerprint density at radius 3 is 2.40 bits per heavy atom. The van der Waals surface area contributed by atoms with E-state index < -0.39 is 10.0 Å². The topological polar surface area (TPSA) is 84.9 Å². The molecule has 0 bridgehead atoms. The van der Waals surface area contributed by atoms with E-state index in [2.05, 4.69) is 5.32 Å². The second kappa shape index (κ2) is 7.72. The van der Waals surface area contributed by atoms with E-state index in [1.54, 1.807) is 19.2 Å². The molecule has 2 atom stereocenters. The first-order chi connectivity index (χ1) is 11.7. The molecule has 1 aliphatic rings. The van der Waals surface area contributed by atoms with Crippen LogP contribution in [0.15, 0.2) is 12.1 Å². The van der Waals surface area contributed by atoms with Crippen LogP contribution in [0.5, 0.6) is 5.75 Å². The van der Waals surface area contributed by atoms with Crippen molar-refractivity contribution in [1.29, 1.82) is 0 Å². The van der Waals surface area contributed by atoms with Crippen LogP contribution < -0.4 is 10.1 Å². The molecule has 0 saturated carbocycles. The summed E-state index contributed by atoms with van der Waals surface area (Å²) in [5.41, 5.74) is 2.28. The third kappa shape index (κ3) is 4.50. The number of nitrogens with one attached hydrogen (secondary N) is 1. The third-order valence-corrected chi connectivity index (χ3v) is 6.38. The molecule has 0 spiro atoms. The molecule has 8 heteroatoms. The number of benzene rings is 1. The Morgan fingerprint density at radius 2 is 1.88 bits per heavy atom. The van der Waals surface area contributed by atoms with Crippen molar-refractivity contribution in [1.82, 2.24) is 9.62 Å². The van der Waals surface area contributed by atoms with Crippen molar-refractivity contribution in [2.75, 3.05) is 40.2 Å². The van der Waals surface area contributed by atoms with Gasteiger partial charge in [0.1, 0.15) is 5.75 Å². The van der Waals surface area contributed by atoms with Crippen molar-refractivity contribution in [3.8, 4) is 5.75 Å². The number of amides is 1. The summed E-state index contributed by atoms with van der Waals surface area (Å²) >= 11 is 0. The maximum absolute atomic E-state index is 12.6. The Bertz CT molecular complexity index is 722. The van der Waals surface area contributed by atoms with E-state index in [0.717, 1.165) is 16.9 Å². The Hall–Kier alpha value is -1.64. The Morgan fingerprint density at radius 1 is 1.28 bits per heavy atom. The van der Waals surface area contributed by atoms with Crippen LogP contribution in [0.25, 0.3) is 0 Å². The lowest BCUT2D eigenvalue weighted by Crippen LogP contribution is -2.43. The number of carbonyl (C=O) groups is 1. The first-order valence-corrected chi connectivity index (χ1v) is 9.70. The molecule has 0 aromatic heterocycles. The van der Waals surface area contributed by atoms with Crippen LogP contribution in [0, 0.1) is 19.8 Å². The molecule has 2 rings (SSSR count). The lowest BCUT2D eigenvalue weighted by atomic mass is 10.0. The maximum Gasteiger partial charge on any atom is 0.251 e. The van der Waals surface area contributed by atoms with Crippen molar-refractivity contribution >= 4 is 15.9 Å². The second-order valence-electron chi connectivity index (χ2n) is 6.58. The van der Waals surface area contributed by atoms with Gasteiger partial charge in [-0.1, -0.05) is 0 Å². The van der Waals surface area contributed by atoms with Gasteiger partial charge in [-0.2, -0.15) is 0 Å². The number of carbonyl (C=O) groups excluding carboxylic acids is 1. The van der Waals surface area contributed by atoms with Gasteiger partial charge in [-0.25, -0.2) is 12.7 Å². The number of sulfonamides is 1. The van der Waals surface area contributed by atoms with Crippen LogP contribution in [0.4, 0.5) is 0 Å². The van der Waals surface area contributed by atoms with Crippen molar-refractivity contribution in [3.05, 3.63) is 28.8 Å². The summed E-state index contributed by atoms with van der Waals surface area (Å²) in [4.78, 5) is 12.6. The highest BCUT2D eigenvalue weighted by Crippen LogP contribution is 2.25. The van der Waals surface area contributed by atoms with Crippen molar-refractivity contribution in [3.63, 3.8) is 0 Å². The van der Waals surface area contributed by atoms with Gasteiger partial charge in [-0.15, -0.1) is 0 Å². The Kier molecular flexibility index (Phi) is 6.08. The molecule has 140 valence electrons. The second-order valence-corrected chi connectivity index (χ2v) is 8.81. The zero-order chi connectivity index (χ0) is 18.8. The molecule has 1 aromatic rings. The summed E-state index contributed by atoms with van der Waals surface area (Å²) in [5.74, 6) is 0.204. The molecular weight excluding hydrogens is 344 g/mol. The maximum atomic E-state index is 12.6. The van der Waals surface area contributed by atoms with Gasteiger partial charge in [0.15, 0.2) is 0 Å². The molecule has 1 saturated heterocycles. The number of ether oxygens (including phenoxy) is 2. The minimum atomic E-state index is -3.35. The molecule has 1 aliphatic heterocycles. The summed E-state index contributed by atoms with van der Waals surface area (Å²) in [7, 11) is 1.25. The van der Waals surface area contributed by atoms with E-state index in [0.29, 0.717) is 18.8 Å². The predicted molar refractivity (Wildman–Crippen MR) is 95.5 cm³/mol. The van der Waals surface area contributed by atoms with Gasteiger partial charge in [-0.3, -0.25) is 4.79 Å². The van der Waals surface area contributed by atoms with E-state index in [-0.39, 0.29) is 23.6 Å². The molecule has 0 radical (unpaired) electrons. The zero-order valence-corrected chi connectivity index (χ0v) is 16.1. The lowest BCUT2D eigenvalue weighted by molar-refractivity contribution is 0.0926. The normalized spacial score (nSPS) is 20.7. The van der Waals surface area contributed by atoms with Crippen molar-refractivity contribution < 1.29 is 22.7 Å². The van der Waals surface area contributed by atoms with Crippen LogP contribution in [0.1, 0.15) is 21.5 Å². The average molecular weight is 370 g/mol. The molecule has 1 N–H and O–H groups in total. The highest BCUT2D eigenvalue weighted by atomic mass is 32.2. The van der Waals surface area contributed by atoms with Crippen LogP contribution in [0.3, 0.4) is 0 Å². The van der Waals surface area contributed by atoms with Crippen LogP contribution in [-0.2, 0) is 14.8 Å². The predicted octanol–water partition coefficient (Wildman–Crippen LogP) is 0.948. The average Bonchev–Trinajstić information content (AvgIpc) is 2.93. The third-order valence-electron chi connectivity index (χ3n) is 4.42. The first kappa shape index (κ1) is 19.7. The highest BCUT2D eigenvalue weighted by molar-refractivity contribution is 7.89. The summed E-state index contributed by atoms with van der Waals surface area (Å²) in [6.45, 7) is 4.40. The van der Waals surface area contributed by atoms with Crippen LogP contribution in [0.2, 0.25) is 0 Å². The number of hydrogen-bond donors (Lipinski definition) is 1. The molecular formula is C17H26N2O5S. The van der Waals surface area contributed by atoms with Gasteiger partial charge in [0.2, 0.25) is 10.0 Å². The number of aryl methyl sites for hydroxylation is 2. The van der Waals surface area contributed by atoms with Crippen LogP contribution >= 0.6 is 0 Å². The van der Waals surface area contributed by atoms with Gasteiger partial charge < -0.3 is 14.8 Å². The summed E-state index contributed by atoms with van der Waals surface area (Å²) < 4.78 is 36.1. The number of methoxy groups -OCH3 is 1. The summed E-state index contributed by atoms with van der Waals surface area (Å²) in [6.07, 6.45) is 0. The standard InChI is InChI=1S/C17H26N2O5S/c1-11-6-13(7-12(2)16(11)23-5)17(20)18-15-9-24-8-14(15)10-25(21,22)19(3)4/h6-7,14-15H,8-10H2,1-5H3,(H,18,20)/t14-,15+/m0/s1. The number of nitrogens with zero attached hydrogens (tertiary/aromatic N) is 1. The van der Waals surface area contributed by atoms with Crippen molar-refractivity contribution in [2.45, 2.75) is 19.9 Å². The van der Waals surface area contributed by atoms with Gasteiger partial charge in [-0.05, 0) is 37.1 Å². The Balaban J connectivity index is 2.12. The van der Waals surface area contributed by atoms with E-state index >= 15 is 0 Å². The molecule has 7 nitrogen and oxygen atoms in total. The molecule has 25 heavy (non-hydrogen) atoms. The van der Waals surface area contributed by atoms with Crippen molar-refractivity contribution in [2.24, 2.45) is 5.92 Å². The van der Waals surface area contributed by atoms with Gasteiger partial charge in [0.25, 0.3) is 5.91 Å². The number of hydrogen-bond acceptors (Lipinski definition) is 5. The molecule has 1 amide bonds. The van der Waals surface area contributed by atoms with E-state index in [4.69, 9.17) is 9.47 Å². The summed E-state index contributed by atoms with van der Waals surface area (Å²) in [6, 6.07) is 3.20. The number of rotatable bonds is 6. The molecule has 1 aromatic carbocycles.